The van der Waals surface area contributed by atoms with Crippen molar-refractivity contribution in [2.45, 2.75) is 37.4 Å². The molecule has 0 radical (unpaired) electrons. The normalized spacial score (nSPS) is 38.0. The summed E-state index contributed by atoms with van der Waals surface area (Å²) in [6.45, 7) is 2.02. The Morgan fingerprint density at radius 3 is 2.83 bits per heavy atom. The molecule has 2 fully saturated rings. The Hall–Kier alpha value is 0.310. The van der Waals surface area contributed by atoms with Crippen LogP contribution < -0.4 is 0 Å². The first-order valence-corrected chi connectivity index (χ1v) is 6.21. The molecule has 0 aromatic carbocycles. The van der Waals surface area contributed by atoms with Crippen molar-refractivity contribution in [3.05, 3.63) is 0 Å². The lowest BCUT2D eigenvalue weighted by Crippen LogP contribution is -2.14. The predicted molar refractivity (Wildman–Crippen MR) is 53.6 cm³/mol. The molecule has 2 rings (SSSR count). The molecule has 12 heavy (non-hydrogen) atoms. The summed E-state index contributed by atoms with van der Waals surface area (Å²) in [5.41, 5.74) is 0. The molecule has 2 atom stereocenters. The van der Waals surface area contributed by atoms with Gasteiger partial charge in [-0.1, -0.05) is 0 Å². The third kappa shape index (κ3) is 2.17. The summed E-state index contributed by atoms with van der Waals surface area (Å²) < 4.78 is 5.48. The van der Waals surface area contributed by atoms with E-state index in [4.69, 9.17) is 4.74 Å². The van der Waals surface area contributed by atoms with Gasteiger partial charge in [0.05, 0.1) is 0 Å². The molecule has 70 valence electrons. The van der Waals surface area contributed by atoms with E-state index in [0.29, 0.717) is 0 Å². The second-order valence-corrected chi connectivity index (χ2v) is 5.20. The van der Waals surface area contributed by atoms with Crippen LogP contribution in [0.15, 0.2) is 0 Å². The Kier molecular flexibility index (Phi) is 3.35. The first-order valence-electron chi connectivity index (χ1n) is 5.16. The summed E-state index contributed by atoms with van der Waals surface area (Å²) in [6.07, 6.45) is 6.94. The topological polar surface area (TPSA) is 9.23 Å². The molecule has 1 nitrogen and oxygen atoms in total. The highest BCUT2D eigenvalue weighted by Crippen LogP contribution is 2.36. The van der Waals surface area contributed by atoms with E-state index in [-0.39, 0.29) is 0 Å². The summed E-state index contributed by atoms with van der Waals surface area (Å²) in [7, 11) is 0. The van der Waals surface area contributed by atoms with Crippen LogP contribution in [-0.4, -0.2) is 24.2 Å². The number of hydrogen-bond donors (Lipinski definition) is 0. The Bertz CT molecular complexity index is 124. The zero-order valence-corrected chi connectivity index (χ0v) is 8.44. The molecular formula is C10H18OS. The lowest BCUT2D eigenvalue weighted by atomic mass is 9.94. The lowest BCUT2D eigenvalue weighted by molar-refractivity contribution is 0.141. The quantitative estimate of drug-likeness (QED) is 0.622. The summed E-state index contributed by atoms with van der Waals surface area (Å²) in [4.78, 5) is 0. The van der Waals surface area contributed by atoms with E-state index >= 15 is 0 Å². The molecule has 0 aliphatic carbocycles. The monoisotopic (exact) mass is 186 g/mol. The molecule has 0 spiro atoms. The smallest absolute Gasteiger partial charge is 0.0469 e. The second kappa shape index (κ2) is 4.52. The molecule has 2 unspecified atom stereocenters. The maximum Gasteiger partial charge on any atom is 0.0469 e. The van der Waals surface area contributed by atoms with E-state index in [9.17, 15) is 0 Å². The average molecular weight is 186 g/mol. The average Bonchev–Trinajstić information content (AvgIpc) is 2.48. The summed E-state index contributed by atoms with van der Waals surface area (Å²) in [5, 5.41) is 0.978. The fraction of sp³-hybridized carbons (Fsp3) is 1.00. The molecule has 2 heterocycles. The van der Waals surface area contributed by atoms with Gasteiger partial charge in [0.2, 0.25) is 0 Å². The molecule has 0 N–H and O–H groups in total. The van der Waals surface area contributed by atoms with Crippen molar-refractivity contribution in [3.63, 3.8) is 0 Å². The first-order chi connectivity index (χ1) is 5.97. The van der Waals surface area contributed by atoms with Gasteiger partial charge in [-0.15, -0.1) is 0 Å². The van der Waals surface area contributed by atoms with Gasteiger partial charge in [0.15, 0.2) is 0 Å². The van der Waals surface area contributed by atoms with Crippen molar-refractivity contribution >= 4 is 11.8 Å². The van der Waals surface area contributed by atoms with Crippen molar-refractivity contribution in [2.75, 3.05) is 19.0 Å². The zero-order chi connectivity index (χ0) is 8.23. The van der Waals surface area contributed by atoms with Crippen LogP contribution in [0, 0.1) is 5.92 Å². The van der Waals surface area contributed by atoms with Gasteiger partial charge in [-0.05, 0) is 43.8 Å². The van der Waals surface area contributed by atoms with Gasteiger partial charge in [-0.3, -0.25) is 0 Å². The van der Waals surface area contributed by atoms with Crippen molar-refractivity contribution < 1.29 is 4.74 Å². The molecule has 2 aliphatic rings. The Labute approximate surface area is 79.2 Å². The third-order valence-electron chi connectivity index (χ3n) is 2.99. The van der Waals surface area contributed by atoms with Gasteiger partial charge >= 0.3 is 0 Å². The van der Waals surface area contributed by atoms with Crippen LogP contribution in [0.2, 0.25) is 0 Å². The van der Waals surface area contributed by atoms with Gasteiger partial charge in [0.25, 0.3) is 0 Å². The minimum atomic E-state index is 0.972. The van der Waals surface area contributed by atoms with Crippen molar-refractivity contribution in [1.82, 2.24) is 0 Å². The Morgan fingerprint density at radius 1 is 1.00 bits per heavy atom. The van der Waals surface area contributed by atoms with Crippen LogP contribution >= 0.6 is 11.8 Å². The van der Waals surface area contributed by atoms with E-state index in [1.807, 2.05) is 0 Å². The van der Waals surface area contributed by atoms with Crippen molar-refractivity contribution in [1.29, 1.82) is 0 Å². The molecule has 2 aliphatic heterocycles. The minimum Gasteiger partial charge on any atom is -0.381 e. The van der Waals surface area contributed by atoms with Gasteiger partial charge in [0, 0.05) is 18.5 Å². The third-order valence-corrected chi connectivity index (χ3v) is 4.56. The summed E-state index contributed by atoms with van der Waals surface area (Å²) in [5.74, 6) is 2.38. The molecule has 0 amide bonds. The van der Waals surface area contributed by atoms with Crippen LogP contribution in [0.3, 0.4) is 0 Å². The van der Waals surface area contributed by atoms with Gasteiger partial charge in [-0.25, -0.2) is 0 Å². The number of thioether (sulfide) groups is 1. The van der Waals surface area contributed by atoms with Crippen LogP contribution in [0.5, 0.6) is 0 Å². The Balaban J connectivity index is 1.83. The number of ether oxygens (including phenoxy) is 1. The van der Waals surface area contributed by atoms with Gasteiger partial charge < -0.3 is 4.74 Å². The van der Waals surface area contributed by atoms with E-state index < -0.39 is 0 Å². The molecule has 0 aromatic rings. The fourth-order valence-corrected chi connectivity index (χ4v) is 3.79. The standard InChI is InChI=1S/C10H18OS/c1-3-9(5-7-11-6-1)10-4-2-8-12-10/h9-10H,1-8H2. The molecule has 2 saturated heterocycles. The maximum atomic E-state index is 5.48. The predicted octanol–water partition coefficient (Wildman–Crippen LogP) is 2.70. The first kappa shape index (κ1) is 8.89. The Morgan fingerprint density at radius 2 is 2.00 bits per heavy atom. The minimum absolute atomic E-state index is 0.972. The zero-order valence-electron chi connectivity index (χ0n) is 7.63. The fourth-order valence-electron chi connectivity index (χ4n) is 2.27. The molecule has 0 saturated carbocycles. The highest BCUT2D eigenvalue weighted by Gasteiger charge is 2.25. The summed E-state index contributed by atoms with van der Waals surface area (Å²) >= 11 is 2.20. The SMILES string of the molecule is C1COCCC(C2CCCS2)C1. The van der Waals surface area contributed by atoms with Crippen LogP contribution in [0.1, 0.15) is 32.1 Å². The largest absolute Gasteiger partial charge is 0.381 e. The summed E-state index contributed by atoms with van der Waals surface area (Å²) in [6, 6.07) is 0. The second-order valence-electron chi connectivity index (χ2n) is 3.85. The van der Waals surface area contributed by atoms with E-state index in [1.165, 1.54) is 37.9 Å². The molecule has 0 aromatic heterocycles. The lowest BCUT2D eigenvalue weighted by Gasteiger charge is -2.19. The van der Waals surface area contributed by atoms with Crippen LogP contribution in [0.4, 0.5) is 0 Å². The maximum absolute atomic E-state index is 5.48. The van der Waals surface area contributed by atoms with Crippen molar-refractivity contribution in [3.8, 4) is 0 Å². The highest BCUT2D eigenvalue weighted by molar-refractivity contribution is 8.00. The molecule has 2 heteroatoms. The number of rotatable bonds is 1. The highest BCUT2D eigenvalue weighted by atomic mass is 32.2. The van der Waals surface area contributed by atoms with Gasteiger partial charge in [-0.2, -0.15) is 11.8 Å². The van der Waals surface area contributed by atoms with Crippen LogP contribution in [0.25, 0.3) is 0 Å². The van der Waals surface area contributed by atoms with E-state index in [0.717, 1.165) is 24.4 Å². The molecular weight excluding hydrogens is 168 g/mol. The van der Waals surface area contributed by atoms with Gasteiger partial charge in [0.1, 0.15) is 0 Å². The van der Waals surface area contributed by atoms with Crippen molar-refractivity contribution in [2.24, 2.45) is 5.92 Å². The number of hydrogen-bond acceptors (Lipinski definition) is 2. The van der Waals surface area contributed by atoms with E-state index in [1.54, 1.807) is 0 Å². The van der Waals surface area contributed by atoms with E-state index in [2.05, 4.69) is 11.8 Å². The molecule has 0 bridgehead atoms. The van der Waals surface area contributed by atoms with Crippen LogP contribution in [-0.2, 0) is 4.74 Å².